The number of nitrogens with two attached hydrogens (primary N) is 1. The van der Waals surface area contributed by atoms with Crippen molar-refractivity contribution in [1.82, 2.24) is 9.97 Å². The molecule has 0 fully saturated rings. The predicted molar refractivity (Wildman–Crippen MR) is 65.5 cm³/mol. The molecule has 2 aromatic rings. The molecule has 0 aliphatic heterocycles. The van der Waals surface area contributed by atoms with E-state index in [4.69, 9.17) is 15.2 Å². The Morgan fingerprint density at radius 3 is 3.00 bits per heavy atom. The van der Waals surface area contributed by atoms with Crippen LogP contribution < -0.4 is 5.73 Å². The van der Waals surface area contributed by atoms with Gasteiger partial charge in [0.1, 0.15) is 12.4 Å². The summed E-state index contributed by atoms with van der Waals surface area (Å²) in [7, 11) is 1.65. The van der Waals surface area contributed by atoms with Gasteiger partial charge in [-0.25, -0.2) is 4.98 Å². The van der Waals surface area contributed by atoms with E-state index in [0.29, 0.717) is 26.4 Å². The molecule has 0 aliphatic rings. The van der Waals surface area contributed by atoms with Crippen LogP contribution in [0.5, 0.6) is 0 Å². The van der Waals surface area contributed by atoms with Crippen molar-refractivity contribution in [1.29, 1.82) is 0 Å². The SMILES string of the molecule is COCCOCc1nc2ccc(CN)cc2[nH]1. The first-order valence-electron chi connectivity index (χ1n) is 5.57. The van der Waals surface area contributed by atoms with Crippen molar-refractivity contribution >= 4 is 11.0 Å². The molecule has 0 atom stereocenters. The van der Waals surface area contributed by atoms with Gasteiger partial charge in [0.25, 0.3) is 0 Å². The van der Waals surface area contributed by atoms with Crippen molar-refractivity contribution in [3.05, 3.63) is 29.6 Å². The second-order valence-electron chi connectivity index (χ2n) is 3.78. The van der Waals surface area contributed by atoms with Crippen LogP contribution in [0.2, 0.25) is 0 Å². The highest BCUT2D eigenvalue weighted by atomic mass is 16.5. The van der Waals surface area contributed by atoms with Gasteiger partial charge in [-0.1, -0.05) is 6.07 Å². The minimum Gasteiger partial charge on any atom is -0.382 e. The van der Waals surface area contributed by atoms with E-state index in [0.717, 1.165) is 22.4 Å². The number of aromatic nitrogens is 2. The number of nitrogens with one attached hydrogen (secondary N) is 1. The van der Waals surface area contributed by atoms with Gasteiger partial charge in [-0.3, -0.25) is 0 Å². The standard InChI is InChI=1S/C12H17N3O2/c1-16-4-5-17-8-12-14-10-3-2-9(7-13)6-11(10)15-12/h2-3,6H,4-5,7-8,13H2,1H3,(H,14,15). The number of aromatic amines is 1. The lowest BCUT2D eigenvalue weighted by Crippen LogP contribution is -2.02. The molecule has 0 spiro atoms. The van der Waals surface area contributed by atoms with Gasteiger partial charge >= 0.3 is 0 Å². The monoisotopic (exact) mass is 235 g/mol. The van der Waals surface area contributed by atoms with Crippen molar-refractivity contribution in [2.75, 3.05) is 20.3 Å². The van der Waals surface area contributed by atoms with Crippen LogP contribution in [-0.2, 0) is 22.6 Å². The predicted octanol–water partition coefficient (Wildman–Crippen LogP) is 1.18. The van der Waals surface area contributed by atoms with Gasteiger partial charge in [0, 0.05) is 13.7 Å². The molecule has 1 aromatic heterocycles. The zero-order valence-corrected chi connectivity index (χ0v) is 9.90. The lowest BCUT2D eigenvalue weighted by Gasteiger charge is -1.99. The summed E-state index contributed by atoms with van der Waals surface area (Å²) in [5, 5.41) is 0. The van der Waals surface area contributed by atoms with Crippen molar-refractivity contribution in [3.8, 4) is 0 Å². The van der Waals surface area contributed by atoms with Crippen LogP contribution in [-0.4, -0.2) is 30.3 Å². The Labute approximate surface area is 99.9 Å². The second-order valence-corrected chi connectivity index (χ2v) is 3.78. The van der Waals surface area contributed by atoms with Gasteiger partial charge < -0.3 is 20.2 Å². The smallest absolute Gasteiger partial charge is 0.133 e. The molecule has 5 heteroatoms. The average Bonchev–Trinajstić information content (AvgIpc) is 2.76. The Morgan fingerprint density at radius 2 is 2.24 bits per heavy atom. The number of ether oxygens (including phenoxy) is 2. The van der Waals surface area contributed by atoms with E-state index in [-0.39, 0.29) is 0 Å². The van der Waals surface area contributed by atoms with Crippen LogP contribution in [0.1, 0.15) is 11.4 Å². The van der Waals surface area contributed by atoms with Gasteiger partial charge in [0.15, 0.2) is 0 Å². The molecule has 0 bridgehead atoms. The number of rotatable bonds is 6. The van der Waals surface area contributed by atoms with Crippen molar-refractivity contribution in [2.45, 2.75) is 13.2 Å². The summed E-state index contributed by atoms with van der Waals surface area (Å²) in [6.45, 7) is 2.17. The highest BCUT2D eigenvalue weighted by molar-refractivity contribution is 5.75. The fourth-order valence-electron chi connectivity index (χ4n) is 1.62. The molecule has 0 amide bonds. The van der Waals surface area contributed by atoms with E-state index in [9.17, 15) is 0 Å². The number of methoxy groups -OCH3 is 1. The van der Waals surface area contributed by atoms with E-state index in [2.05, 4.69) is 9.97 Å². The molecule has 2 rings (SSSR count). The Balaban J connectivity index is 2.04. The molecule has 1 heterocycles. The number of benzene rings is 1. The van der Waals surface area contributed by atoms with Gasteiger partial charge in [-0.15, -0.1) is 0 Å². The van der Waals surface area contributed by atoms with Crippen LogP contribution in [0.3, 0.4) is 0 Å². The highest BCUT2D eigenvalue weighted by Crippen LogP contribution is 2.13. The molecular weight excluding hydrogens is 218 g/mol. The van der Waals surface area contributed by atoms with Gasteiger partial charge in [0.2, 0.25) is 0 Å². The second kappa shape index (κ2) is 5.77. The van der Waals surface area contributed by atoms with Crippen molar-refractivity contribution < 1.29 is 9.47 Å². The molecule has 0 saturated heterocycles. The molecule has 1 aromatic carbocycles. The van der Waals surface area contributed by atoms with Crippen LogP contribution in [0, 0.1) is 0 Å². The summed E-state index contributed by atoms with van der Waals surface area (Å²) in [6.07, 6.45) is 0. The largest absolute Gasteiger partial charge is 0.382 e. The minimum atomic E-state index is 0.468. The first-order valence-corrected chi connectivity index (χ1v) is 5.57. The number of nitrogens with zero attached hydrogens (tertiary/aromatic N) is 1. The highest BCUT2D eigenvalue weighted by Gasteiger charge is 2.03. The van der Waals surface area contributed by atoms with E-state index >= 15 is 0 Å². The van der Waals surface area contributed by atoms with Crippen molar-refractivity contribution in [3.63, 3.8) is 0 Å². The van der Waals surface area contributed by atoms with Crippen LogP contribution in [0.4, 0.5) is 0 Å². The number of imidazole rings is 1. The molecule has 17 heavy (non-hydrogen) atoms. The lowest BCUT2D eigenvalue weighted by molar-refractivity contribution is 0.0590. The Kier molecular flexibility index (Phi) is 4.08. The lowest BCUT2D eigenvalue weighted by atomic mass is 10.2. The van der Waals surface area contributed by atoms with Crippen LogP contribution in [0.25, 0.3) is 11.0 Å². The quantitative estimate of drug-likeness (QED) is 0.737. The van der Waals surface area contributed by atoms with E-state index in [1.807, 2.05) is 18.2 Å². The minimum absolute atomic E-state index is 0.468. The molecule has 0 radical (unpaired) electrons. The molecule has 0 saturated carbocycles. The third kappa shape index (κ3) is 3.03. The molecular formula is C12H17N3O2. The maximum atomic E-state index is 5.59. The zero-order chi connectivity index (χ0) is 12.1. The first-order chi connectivity index (χ1) is 8.33. The summed E-state index contributed by atoms with van der Waals surface area (Å²) in [5.74, 6) is 0.824. The van der Waals surface area contributed by atoms with Crippen LogP contribution >= 0.6 is 0 Å². The number of H-pyrrole nitrogens is 1. The average molecular weight is 235 g/mol. The molecule has 0 unspecified atom stereocenters. The summed E-state index contributed by atoms with van der Waals surface area (Å²) >= 11 is 0. The third-order valence-electron chi connectivity index (χ3n) is 2.50. The van der Waals surface area contributed by atoms with Crippen LogP contribution in [0.15, 0.2) is 18.2 Å². The summed E-state index contributed by atoms with van der Waals surface area (Å²) in [6, 6.07) is 5.96. The third-order valence-corrected chi connectivity index (χ3v) is 2.50. The fourth-order valence-corrected chi connectivity index (χ4v) is 1.62. The Hall–Kier alpha value is -1.43. The topological polar surface area (TPSA) is 73.2 Å². The normalized spacial score (nSPS) is 11.2. The summed E-state index contributed by atoms with van der Waals surface area (Å²) in [4.78, 5) is 7.64. The molecule has 0 aliphatic carbocycles. The zero-order valence-electron chi connectivity index (χ0n) is 9.90. The van der Waals surface area contributed by atoms with Gasteiger partial charge in [0.05, 0.1) is 24.2 Å². The first kappa shape index (κ1) is 12.0. The molecule has 5 nitrogen and oxygen atoms in total. The number of fused-ring (bicyclic) bond motifs is 1. The van der Waals surface area contributed by atoms with Gasteiger partial charge in [-0.2, -0.15) is 0 Å². The maximum Gasteiger partial charge on any atom is 0.133 e. The van der Waals surface area contributed by atoms with E-state index in [1.165, 1.54) is 0 Å². The molecule has 3 N–H and O–H groups in total. The fraction of sp³-hybridized carbons (Fsp3) is 0.417. The Morgan fingerprint density at radius 1 is 1.35 bits per heavy atom. The maximum absolute atomic E-state index is 5.59. The summed E-state index contributed by atoms with van der Waals surface area (Å²) < 4.78 is 10.3. The number of hydrogen-bond donors (Lipinski definition) is 2. The van der Waals surface area contributed by atoms with E-state index < -0.39 is 0 Å². The number of hydrogen-bond acceptors (Lipinski definition) is 4. The summed E-state index contributed by atoms with van der Waals surface area (Å²) in [5.41, 5.74) is 8.62. The molecule has 92 valence electrons. The van der Waals surface area contributed by atoms with E-state index in [1.54, 1.807) is 7.11 Å². The van der Waals surface area contributed by atoms with Gasteiger partial charge in [-0.05, 0) is 17.7 Å². The Bertz CT molecular complexity index is 482. The van der Waals surface area contributed by atoms with Crippen molar-refractivity contribution in [2.24, 2.45) is 5.73 Å².